The summed E-state index contributed by atoms with van der Waals surface area (Å²) in [5.41, 5.74) is 0.880. The van der Waals surface area contributed by atoms with E-state index < -0.39 is 10.0 Å². The van der Waals surface area contributed by atoms with Crippen molar-refractivity contribution >= 4 is 10.0 Å². The van der Waals surface area contributed by atoms with Gasteiger partial charge in [0.25, 0.3) is 0 Å². The predicted molar refractivity (Wildman–Crippen MR) is 78.2 cm³/mol. The van der Waals surface area contributed by atoms with Crippen LogP contribution in [0, 0.1) is 0 Å². The number of hydrogen-bond donors (Lipinski definition) is 1. The van der Waals surface area contributed by atoms with Crippen LogP contribution in [0.5, 0.6) is 5.75 Å². The predicted octanol–water partition coefficient (Wildman–Crippen LogP) is 2.73. The second-order valence-electron chi connectivity index (χ2n) is 4.43. The molecule has 0 heterocycles. The zero-order chi connectivity index (χ0) is 14.6. The third-order valence-corrected chi connectivity index (χ3v) is 4.56. The molecule has 2 aromatic rings. The SMILES string of the molecule is COc1ccc(C(C)NS(=O)(=O)c2ccccc2)cc1. The number of methoxy groups -OCH3 is 1. The van der Waals surface area contributed by atoms with Crippen molar-refractivity contribution in [3.05, 3.63) is 60.2 Å². The number of benzene rings is 2. The summed E-state index contributed by atoms with van der Waals surface area (Å²) in [5, 5.41) is 0. The monoisotopic (exact) mass is 291 g/mol. The Morgan fingerprint density at radius 2 is 1.60 bits per heavy atom. The molecule has 20 heavy (non-hydrogen) atoms. The summed E-state index contributed by atoms with van der Waals surface area (Å²) < 4.78 is 32.1. The van der Waals surface area contributed by atoms with E-state index in [1.165, 1.54) is 0 Å². The van der Waals surface area contributed by atoms with E-state index in [0.29, 0.717) is 0 Å². The van der Waals surface area contributed by atoms with Crippen molar-refractivity contribution in [3.63, 3.8) is 0 Å². The minimum absolute atomic E-state index is 0.264. The third-order valence-electron chi connectivity index (χ3n) is 3.00. The van der Waals surface area contributed by atoms with E-state index in [1.54, 1.807) is 37.4 Å². The highest BCUT2D eigenvalue weighted by molar-refractivity contribution is 7.89. The fraction of sp³-hybridized carbons (Fsp3) is 0.200. The summed E-state index contributed by atoms with van der Waals surface area (Å²) in [7, 11) is -1.91. The highest BCUT2D eigenvalue weighted by atomic mass is 32.2. The Hall–Kier alpha value is -1.85. The van der Waals surface area contributed by atoms with Crippen molar-refractivity contribution in [1.82, 2.24) is 4.72 Å². The highest BCUT2D eigenvalue weighted by Crippen LogP contribution is 2.19. The second kappa shape index (κ2) is 6.07. The number of nitrogens with one attached hydrogen (secondary N) is 1. The van der Waals surface area contributed by atoms with Gasteiger partial charge in [0.15, 0.2) is 0 Å². The minimum Gasteiger partial charge on any atom is -0.497 e. The minimum atomic E-state index is -3.50. The summed E-state index contributed by atoms with van der Waals surface area (Å²) in [5.74, 6) is 0.742. The summed E-state index contributed by atoms with van der Waals surface area (Å²) in [4.78, 5) is 0.264. The number of hydrogen-bond acceptors (Lipinski definition) is 3. The average molecular weight is 291 g/mol. The molecule has 1 N–H and O–H groups in total. The molecular weight excluding hydrogens is 274 g/mol. The fourth-order valence-electron chi connectivity index (χ4n) is 1.86. The molecule has 0 aliphatic rings. The summed E-state index contributed by atoms with van der Waals surface area (Å²) in [6.07, 6.45) is 0. The lowest BCUT2D eigenvalue weighted by Crippen LogP contribution is -2.26. The molecule has 0 aliphatic heterocycles. The molecule has 4 nitrogen and oxygen atoms in total. The van der Waals surface area contributed by atoms with Gasteiger partial charge in [-0.25, -0.2) is 13.1 Å². The smallest absolute Gasteiger partial charge is 0.241 e. The van der Waals surface area contributed by atoms with Crippen LogP contribution >= 0.6 is 0 Å². The van der Waals surface area contributed by atoms with Gasteiger partial charge in [-0.15, -0.1) is 0 Å². The lowest BCUT2D eigenvalue weighted by atomic mass is 10.1. The summed E-state index contributed by atoms with van der Waals surface area (Å²) >= 11 is 0. The molecule has 2 rings (SSSR count). The van der Waals surface area contributed by atoms with Crippen LogP contribution in [-0.2, 0) is 10.0 Å². The van der Waals surface area contributed by atoms with Gasteiger partial charge < -0.3 is 4.74 Å². The summed E-state index contributed by atoms with van der Waals surface area (Å²) in [6.45, 7) is 1.81. The van der Waals surface area contributed by atoms with Gasteiger partial charge in [-0.1, -0.05) is 30.3 Å². The average Bonchev–Trinajstić information content (AvgIpc) is 2.48. The number of ether oxygens (including phenoxy) is 1. The molecule has 0 spiro atoms. The molecule has 0 aromatic heterocycles. The van der Waals surface area contributed by atoms with E-state index in [1.807, 2.05) is 31.2 Å². The van der Waals surface area contributed by atoms with E-state index in [2.05, 4.69) is 4.72 Å². The zero-order valence-corrected chi connectivity index (χ0v) is 12.2. The Morgan fingerprint density at radius 3 is 2.15 bits per heavy atom. The highest BCUT2D eigenvalue weighted by Gasteiger charge is 2.17. The molecule has 0 aliphatic carbocycles. The first-order valence-electron chi connectivity index (χ1n) is 6.24. The van der Waals surface area contributed by atoms with E-state index in [-0.39, 0.29) is 10.9 Å². The van der Waals surface area contributed by atoms with Crippen LogP contribution in [0.15, 0.2) is 59.5 Å². The van der Waals surface area contributed by atoms with Gasteiger partial charge in [-0.05, 0) is 36.8 Å². The fourth-order valence-corrected chi connectivity index (χ4v) is 3.11. The van der Waals surface area contributed by atoms with Crippen LogP contribution in [-0.4, -0.2) is 15.5 Å². The molecule has 2 aromatic carbocycles. The molecule has 5 heteroatoms. The van der Waals surface area contributed by atoms with Gasteiger partial charge in [-0.2, -0.15) is 0 Å². The molecule has 1 unspecified atom stereocenters. The van der Waals surface area contributed by atoms with Crippen molar-refractivity contribution in [1.29, 1.82) is 0 Å². The van der Waals surface area contributed by atoms with E-state index >= 15 is 0 Å². The van der Waals surface area contributed by atoms with Crippen LogP contribution < -0.4 is 9.46 Å². The van der Waals surface area contributed by atoms with Crippen LogP contribution in [0.3, 0.4) is 0 Å². The van der Waals surface area contributed by atoms with Gasteiger partial charge in [0.05, 0.1) is 12.0 Å². The first kappa shape index (κ1) is 14.6. The quantitative estimate of drug-likeness (QED) is 0.921. The zero-order valence-electron chi connectivity index (χ0n) is 11.4. The van der Waals surface area contributed by atoms with Crippen LogP contribution in [0.1, 0.15) is 18.5 Å². The van der Waals surface area contributed by atoms with Gasteiger partial charge in [0.2, 0.25) is 10.0 Å². The molecule has 0 saturated carbocycles. The molecule has 0 fully saturated rings. The van der Waals surface area contributed by atoms with E-state index in [4.69, 9.17) is 4.74 Å². The first-order chi connectivity index (χ1) is 9.53. The third kappa shape index (κ3) is 3.37. The summed E-state index contributed by atoms with van der Waals surface area (Å²) in [6, 6.07) is 15.3. The molecule has 0 saturated heterocycles. The second-order valence-corrected chi connectivity index (χ2v) is 6.14. The van der Waals surface area contributed by atoms with Crippen molar-refractivity contribution in [2.75, 3.05) is 7.11 Å². The first-order valence-corrected chi connectivity index (χ1v) is 7.72. The van der Waals surface area contributed by atoms with Crippen LogP contribution in [0.4, 0.5) is 0 Å². The van der Waals surface area contributed by atoms with Gasteiger partial charge in [0, 0.05) is 6.04 Å². The normalized spacial score (nSPS) is 12.9. The maximum atomic E-state index is 12.2. The Morgan fingerprint density at radius 1 is 1.00 bits per heavy atom. The topological polar surface area (TPSA) is 55.4 Å². The van der Waals surface area contributed by atoms with Gasteiger partial charge >= 0.3 is 0 Å². The molecular formula is C15H17NO3S. The van der Waals surface area contributed by atoms with Crippen molar-refractivity contribution in [2.24, 2.45) is 0 Å². The van der Waals surface area contributed by atoms with E-state index in [9.17, 15) is 8.42 Å². The van der Waals surface area contributed by atoms with Crippen molar-refractivity contribution in [2.45, 2.75) is 17.9 Å². The maximum absolute atomic E-state index is 12.2. The van der Waals surface area contributed by atoms with Gasteiger partial charge in [0.1, 0.15) is 5.75 Å². The lowest BCUT2D eigenvalue weighted by molar-refractivity contribution is 0.414. The van der Waals surface area contributed by atoms with Crippen LogP contribution in [0.2, 0.25) is 0 Å². The molecule has 106 valence electrons. The Labute approximate surface area is 119 Å². The largest absolute Gasteiger partial charge is 0.497 e. The molecule has 0 bridgehead atoms. The molecule has 1 atom stereocenters. The van der Waals surface area contributed by atoms with Crippen molar-refractivity contribution < 1.29 is 13.2 Å². The van der Waals surface area contributed by atoms with Gasteiger partial charge in [-0.3, -0.25) is 0 Å². The number of sulfonamides is 1. The lowest BCUT2D eigenvalue weighted by Gasteiger charge is -2.15. The van der Waals surface area contributed by atoms with Crippen molar-refractivity contribution in [3.8, 4) is 5.75 Å². The Kier molecular flexibility index (Phi) is 4.42. The maximum Gasteiger partial charge on any atom is 0.241 e. The van der Waals surface area contributed by atoms with Crippen LogP contribution in [0.25, 0.3) is 0 Å². The standard InChI is InChI=1S/C15H17NO3S/c1-12(13-8-10-14(19-2)11-9-13)16-20(17,18)15-6-4-3-5-7-15/h3-12,16H,1-2H3. The van der Waals surface area contributed by atoms with E-state index in [0.717, 1.165) is 11.3 Å². The Bertz CT molecular complexity index is 651. The molecule has 0 radical (unpaired) electrons. The molecule has 0 amide bonds. The Balaban J connectivity index is 2.16. The number of rotatable bonds is 5.